The zero-order chi connectivity index (χ0) is 21.2. The predicted octanol–water partition coefficient (Wildman–Crippen LogP) is 3.49. The van der Waals surface area contributed by atoms with E-state index in [1.807, 2.05) is 4.90 Å². The monoisotopic (exact) mass is 417 g/mol. The van der Waals surface area contributed by atoms with Gasteiger partial charge in [-0.3, -0.25) is 4.79 Å². The van der Waals surface area contributed by atoms with E-state index in [0.717, 1.165) is 0 Å². The lowest BCUT2D eigenvalue weighted by Crippen LogP contribution is -2.41. The molecular formula is C19H27F4N5O. The van der Waals surface area contributed by atoms with Gasteiger partial charge in [-0.1, -0.05) is 0 Å². The largest absolute Gasteiger partial charge is 0.396 e. The van der Waals surface area contributed by atoms with Gasteiger partial charge in [-0.15, -0.1) is 0 Å². The smallest absolute Gasteiger partial charge is 0.391 e. The van der Waals surface area contributed by atoms with Crippen LogP contribution in [0.15, 0.2) is 6.07 Å². The summed E-state index contributed by atoms with van der Waals surface area (Å²) in [6, 6.07) is 1.20. The maximum Gasteiger partial charge on any atom is 0.391 e. The van der Waals surface area contributed by atoms with Crippen LogP contribution < -0.4 is 21.3 Å². The van der Waals surface area contributed by atoms with Crippen LogP contribution in [0.1, 0.15) is 48.9 Å². The number of nitrogens with two attached hydrogens (primary N) is 1. The second kappa shape index (κ2) is 8.62. The van der Waals surface area contributed by atoms with Crippen molar-refractivity contribution in [3.63, 3.8) is 0 Å². The third-order valence-electron chi connectivity index (χ3n) is 5.76. The number of carbonyl (C=O) groups is 1. The molecule has 0 radical (unpaired) electrons. The summed E-state index contributed by atoms with van der Waals surface area (Å²) in [5, 5.41) is 5.71. The first-order chi connectivity index (χ1) is 13.7. The second-order valence-electron chi connectivity index (χ2n) is 7.77. The van der Waals surface area contributed by atoms with E-state index in [2.05, 4.69) is 15.6 Å². The Morgan fingerprint density at radius 2 is 1.79 bits per heavy atom. The van der Waals surface area contributed by atoms with Crippen LogP contribution in [0.4, 0.5) is 34.9 Å². The topological polar surface area (TPSA) is 83.3 Å². The molecule has 2 aliphatic rings. The van der Waals surface area contributed by atoms with Crippen molar-refractivity contribution < 1.29 is 22.4 Å². The number of amides is 1. The summed E-state index contributed by atoms with van der Waals surface area (Å²) < 4.78 is 52.1. The lowest BCUT2D eigenvalue weighted by atomic mass is 9.85. The minimum atomic E-state index is -4.19. The Balaban J connectivity index is 1.75. The van der Waals surface area contributed by atoms with Gasteiger partial charge in [0.15, 0.2) is 5.82 Å². The van der Waals surface area contributed by atoms with Crippen molar-refractivity contribution >= 4 is 23.2 Å². The van der Waals surface area contributed by atoms with E-state index in [1.54, 1.807) is 7.05 Å². The molecule has 0 bridgehead atoms. The first-order valence-electron chi connectivity index (χ1n) is 9.94. The number of aromatic nitrogens is 1. The van der Waals surface area contributed by atoms with Crippen molar-refractivity contribution in [3.8, 4) is 0 Å². The normalized spacial score (nSPS) is 23.7. The number of pyridine rings is 1. The summed E-state index contributed by atoms with van der Waals surface area (Å²) in [5.41, 5.74) is 6.54. The van der Waals surface area contributed by atoms with E-state index in [-0.39, 0.29) is 37.3 Å². The van der Waals surface area contributed by atoms with Gasteiger partial charge in [0.05, 0.1) is 17.2 Å². The molecule has 1 aliphatic carbocycles. The Hall–Kier alpha value is -2.26. The third-order valence-corrected chi connectivity index (χ3v) is 5.76. The van der Waals surface area contributed by atoms with Crippen LogP contribution in [0, 0.1) is 5.92 Å². The fourth-order valence-electron chi connectivity index (χ4n) is 4.02. The number of nitrogens with zero attached hydrogens (tertiary/aromatic N) is 2. The molecule has 0 spiro atoms. The minimum Gasteiger partial charge on any atom is -0.396 e. The van der Waals surface area contributed by atoms with Crippen molar-refractivity contribution in [2.75, 3.05) is 36.1 Å². The number of piperidine rings is 1. The molecule has 1 aliphatic heterocycles. The molecule has 1 saturated carbocycles. The van der Waals surface area contributed by atoms with E-state index in [9.17, 15) is 22.4 Å². The highest BCUT2D eigenvalue weighted by atomic mass is 19.4. The number of nitrogen functional groups attached to an aromatic ring is 1. The summed E-state index contributed by atoms with van der Waals surface area (Å²) in [5.74, 6) is -0.887. The van der Waals surface area contributed by atoms with Crippen molar-refractivity contribution in [2.24, 2.45) is 5.92 Å². The van der Waals surface area contributed by atoms with E-state index < -0.39 is 24.2 Å². The van der Waals surface area contributed by atoms with Crippen LogP contribution >= 0.6 is 0 Å². The molecule has 10 heteroatoms. The zero-order valence-electron chi connectivity index (χ0n) is 16.4. The number of hydrogen-bond donors (Lipinski definition) is 3. The van der Waals surface area contributed by atoms with Crippen molar-refractivity contribution in [1.29, 1.82) is 0 Å². The van der Waals surface area contributed by atoms with Crippen LogP contribution in [-0.4, -0.2) is 49.4 Å². The highest BCUT2D eigenvalue weighted by Crippen LogP contribution is 2.37. The predicted molar refractivity (Wildman–Crippen MR) is 104 cm³/mol. The number of halogens is 4. The molecule has 1 aromatic heterocycles. The maximum absolute atomic E-state index is 13.5. The van der Waals surface area contributed by atoms with Crippen LogP contribution in [0.5, 0.6) is 0 Å². The van der Waals surface area contributed by atoms with Gasteiger partial charge in [0.1, 0.15) is 12.0 Å². The molecular weight excluding hydrogens is 390 g/mol. The molecule has 2 heterocycles. The van der Waals surface area contributed by atoms with Gasteiger partial charge < -0.3 is 21.3 Å². The van der Waals surface area contributed by atoms with E-state index in [1.165, 1.54) is 6.07 Å². The van der Waals surface area contributed by atoms with Gasteiger partial charge >= 0.3 is 6.18 Å². The molecule has 1 saturated heterocycles. The Kier molecular flexibility index (Phi) is 6.38. The number of carbonyl (C=O) groups excluding carboxylic acids is 1. The molecule has 3 rings (SSSR count). The van der Waals surface area contributed by atoms with Crippen LogP contribution in [-0.2, 0) is 0 Å². The molecule has 162 valence electrons. The van der Waals surface area contributed by atoms with Gasteiger partial charge in [0.2, 0.25) is 0 Å². The molecule has 0 unspecified atom stereocenters. The Morgan fingerprint density at radius 3 is 2.34 bits per heavy atom. The first kappa shape index (κ1) is 21.4. The summed E-state index contributed by atoms with van der Waals surface area (Å²) in [4.78, 5) is 19.2. The fraction of sp³-hybridized carbons (Fsp3) is 0.684. The summed E-state index contributed by atoms with van der Waals surface area (Å²) in [6.45, 7) is 0.858. The van der Waals surface area contributed by atoms with Crippen molar-refractivity contribution in [2.45, 2.75) is 56.9 Å². The average molecular weight is 417 g/mol. The van der Waals surface area contributed by atoms with Crippen molar-refractivity contribution in [1.82, 2.24) is 10.3 Å². The van der Waals surface area contributed by atoms with E-state index in [0.29, 0.717) is 43.3 Å². The minimum absolute atomic E-state index is 0.00436. The molecule has 4 N–H and O–H groups in total. The SMILES string of the molecule is CNc1nc(N2CCC(F)CC2)c(C(=O)NC2CCC(C(F)(F)F)CC2)cc1N. The van der Waals surface area contributed by atoms with Gasteiger partial charge in [-0.2, -0.15) is 13.2 Å². The summed E-state index contributed by atoms with van der Waals surface area (Å²) in [7, 11) is 1.66. The molecule has 0 aromatic carbocycles. The highest BCUT2D eigenvalue weighted by Gasteiger charge is 2.41. The summed E-state index contributed by atoms with van der Waals surface area (Å²) in [6.07, 6.45) is -3.80. The lowest BCUT2D eigenvalue weighted by Gasteiger charge is -2.32. The fourth-order valence-corrected chi connectivity index (χ4v) is 4.02. The number of alkyl halides is 4. The van der Waals surface area contributed by atoms with Crippen LogP contribution in [0.2, 0.25) is 0 Å². The first-order valence-corrected chi connectivity index (χ1v) is 9.94. The van der Waals surface area contributed by atoms with Gasteiger partial charge in [0, 0.05) is 26.2 Å². The van der Waals surface area contributed by atoms with Gasteiger partial charge in [-0.05, 0) is 44.6 Å². The lowest BCUT2D eigenvalue weighted by molar-refractivity contribution is -0.182. The van der Waals surface area contributed by atoms with Gasteiger partial charge in [0.25, 0.3) is 5.91 Å². The molecule has 1 amide bonds. The molecule has 1 aromatic rings. The molecule has 0 atom stereocenters. The van der Waals surface area contributed by atoms with Gasteiger partial charge in [-0.25, -0.2) is 9.37 Å². The second-order valence-corrected chi connectivity index (χ2v) is 7.77. The van der Waals surface area contributed by atoms with E-state index >= 15 is 0 Å². The molecule has 2 fully saturated rings. The molecule has 29 heavy (non-hydrogen) atoms. The number of nitrogens with one attached hydrogen (secondary N) is 2. The quantitative estimate of drug-likeness (QED) is 0.654. The maximum atomic E-state index is 13.5. The standard InChI is InChI=1S/C19H27F4N5O/c1-25-16-15(24)10-14(17(27-16)28-8-6-12(20)7-9-28)18(29)26-13-4-2-11(3-5-13)19(21,22)23/h10-13H,2-9,24H2,1H3,(H,25,27)(H,26,29). The zero-order valence-corrected chi connectivity index (χ0v) is 16.4. The number of anilines is 3. The van der Waals surface area contributed by atoms with E-state index in [4.69, 9.17) is 5.73 Å². The highest BCUT2D eigenvalue weighted by molar-refractivity contribution is 6.00. The number of hydrogen-bond acceptors (Lipinski definition) is 5. The average Bonchev–Trinajstić information content (AvgIpc) is 2.68. The Labute approximate surface area is 167 Å². The Bertz CT molecular complexity index is 726. The third kappa shape index (κ3) is 5.02. The summed E-state index contributed by atoms with van der Waals surface area (Å²) >= 11 is 0. The number of rotatable bonds is 4. The van der Waals surface area contributed by atoms with Crippen LogP contribution in [0.3, 0.4) is 0 Å². The van der Waals surface area contributed by atoms with Crippen molar-refractivity contribution in [3.05, 3.63) is 11.6 Å². The Morgan fingerprint density at radius 1 is 1.17 bits per heavy atom. The molecule has 6 nitrogen and oxygen atoms in total. The van der Waals surface area contributed by atoms with Crippen LogP contribution in [0.25, 0.3) is 0 Å².